The molecule has 0 bridgehead atoms. The van der Waals surface area contributed by atoms with Gasteiger partial charge in [-0.15, -0.1) is 0 Å². The van der Waals surface area contributed by atoms with Crippen LogP contribution in [0.15, 0.2) is 36.4 Å². The molecule has 2 aromatic rings. The summed E-state index contributed by atoms with van der Waals surface area (Å²) in [4.78, 5) is 0. The lowest BCUT2D eigenvalue weighted by atomic mass is 9.93. The van der Waals surface area contributed by atoms with Crippen molar-refractivity contribution in [2.24, 2.45) is 0 Å². The zero-order chi connectivity index (χ0) is 17.7. The van der Waals surface area contributed by atoms with Crippen molar-refractivity contribution < 1.29 is 18.3 Å². The van der Waals surface area contributed by atoms with Crippen LogP contribution in [0.2, 0.25) is 0 Å². The highest BCUT2D eigenvalue weighted by Crippen LogP contribution is 2.29. The maximum atomic E-state index is 11.1. The fraction of sp³-hybridized carbons (Fsp3) is 0.368. The number of ether oxygens (including phenoxy) is 1. The average molecular weight is 348 g/mol. The maximum Gasteiger partial charge on any atom is 0.149 e. The van der Waals surface area contributed by atoms with E-state index in [-0.39, 0.29) is 19.0 Å². The number of benzene rings is 2. The van der Waals surface area contributed by atoms with E-state index in [0.717, 1.165) is 33.4 Å². The highest BCUT2D eigenvalue weighted by Gasteiger charge is 2.09. The van der Waals surface area contributed by atoms with Crippen molar-refractivity contribution >= 4 is 9.84 Å². The molecule has 24 heavy (non-hydrogen) atoms. The molecule has 0 aliphatic rings. The first kappa shape index (κ1) is 18.6. The molecule has 0 amide bonds. The third-order valence-corrected chi connectivity index (χ3v) is 4.77. The third kappa shape index (κ3) is 5.16. The van der Waals surface area contributed by atoms with Crippen LogP contribution >= 0.6 is 0 Å². The highest BCUT2D eigenvalue weighted by atomic mass is 32.2. The van der Waals surface area contributed by atoms with Crippen LogP contribution in [0.4, 0.5) is 0 Å². The Morgan fingerprint density at radius 3 is 2.29 bits per heavy atom. The number of rotatable bonds is 7. The summed E-state index contributed by atoms with van der Waals surface area (Å²) >= 11 is 0. The minimum atomic E-state index is -2.99. The minimum Gasteiger partial charge on any atom is -0.392 e. The Labute approximate surface area is 144 Å². The quantitative estimate of drug-likeness (QED) is 0.781. The number of hydrogen-bond acceptors (Lipinski definition) is 4. The first-order chi connectivity index (χ1) is 11.3. The van der Waals surface area contributed by atoms with E-state index >= 15 is 0 Å². The lowest BCUT2D eigenvalue weighted by Crippen LogP contribution is -2.10. The first-order valence-electron chi connectivity index (χ1n) is 7.86. The van der Waals surface area contributed by atoms with Crippen molar-refractivity contribution in [3.63, 3.8) is 0 Å². The van der Waals surface area contributed by atoms with E-state index in [1.165, 1.54) is 6.26 Å². The molecule has 0 aromatic heterocycles. The van der Waals surface area contributed by atoms with Crippen molar-refractivity contribution in [2.75, 3.05) is 18.6 Å². The molecule has 0 aliphatic carbocycles. The molecule has 0 unspecified atom stereocenters. The number of aryl methyl sites for hydroxylation is 2. The summed E-state index contributed by atoms with van der Waals surface area (Å²) in [5.41, 5.74) is 6.42. The summed E-state index contributed by atoms with van der Waals surface area (Å²) in [5, 5.41) is 9.31. The van der Waals surface area contributed by atoms with Gasteiger partial charge < -0.3 is 9.84 Å². The third-order valence-electron chi connectivity index (χ3n) is 3.86. The summed E-state index contributed by atoms with van der Waals surface area (Å²) in [6.07, 6.45) is 1.21. The smallest absolute Gasteiger partial charge is 0.149 e. The van der Waals surface area contributed by atoms with Gasteiger partial charge >= 0.3 is 0 Å². The standard InChI is InChI=1S/C19H24O4S/c1-14-9-17(13-23-7-8-24(3,21)22)10-15(2)19(14)18-6-4-5-16(11-18)12-20/h4-6,9-11,20H,7-8,12-13H2,1-3H3. The first-order valence-corrected chi connectivity index (χ1v) is 9.92. The predicted molar refractivity (Wildman–Crippen MR) is 96.6 cm³/mol. The van der Waals surface area contributed by atoms with E-state index in [1.54, 1.807) is 0 Å². The Balaban J connectivity index is 2.16. The Hall–Kier alpha value is -1.69. The summed E-state index contributed by atoms with van der Waals surface area (Å²) in [7, 11) is -2.99. The van der Waals surface area contributed by atoms with Gasteiger partial charge in [0.1, 0.15) is 9.84 Å². The van der Waals surface area contributed by atoms with Crippen molar-refractivity contribution in [1.82, 2.24) is 0 Å². The van der Waals surface area contributed by atoms with Gasteiger partial charge in [-0.05, 0) is 53.3 Å². The molecule has 0 aliphatic heterocycles. The second-order valence-electron chi connectivity index (χ2n) is 6.15. The molecule has 0 atom stereocenters. The lowest BCUT2D eigenvalue weighted by molar-refractivity contribution is 0.135. The van der Waals surface area contributed by atoms with Gasteiger partial charge in [0.05, 0.1) is 25.6 Å². The van der Waals surface area contributed by atoms with Crippen molar-refractivity contribution in [2.45, 2.75) is 27.1 Å². The Kier molecular flexibility index (Phi) is 6.15. The Bertz CT molecular complexity index is 787. The normalized spacial score (nSPS) is 11.7. The van der Waals surface area contributed by atoms with Crippen LogP contribution in [0.25, 0.3) is 11.1 Å². The molecule has 0 spiro atoms. The topological polar surface area (TPSA) is 63.6 Å². The molecular weight excluding hydrogens is 324 g/mol. The molecule has 0 saturated carbocycles. The lowest BCUT2D eigenvalue weighted by Gasteiger charge is -2.14. The second-order valence-corrected chi connectivity index (χ2v) is 8.41. The number of hydrogen-bond donors (Lipinski definition) is 1. The van der Waals surface area contributed by atoms with Crippen LogP contribution in [0.3, 0.4) is 0 Å². The van der Waals surface area contributed by atoms with Gasteiger partial charge in [0.2, 0.25) is 0 Å². The molecule has 0 radical (unpaired) electrons. The zero-order valence-corrected chi connectivity index (χ0v) is 15.2. The fourth-order valence-corrected chi connectivity index (χ4v) is 3.24. The van der Waals surface area contributed by atoms with Gasteiger partial charge in [0.25, 0.3) is 0 Å². The van der Waals surface area contributed by atoms with Crippen LogP contribution < -0.4 is 0 Å². The van der Waals surface area contributed by atoms with E-state index in [2.05, 4.69) is 12.1 Å². The molecule has 0 heterocycles. The van der Waals surface area contributed by atoms with E-state index in [9.17, 15) is 13.5 Å². The average Bonchev–Trinajstić information content (AvgIpc) is 2.50. The van der Waals surface area contributed by atoms with Gasteiger partial charge in [-0.1, -0.05) is 30.3 Å². The van der Waals surface area contributed by atoms with Gasteiger partial charge in [-0.25, -0.2) is 8.42 Å². The minimum absolute atomic E-state index is 0.0260. The van der Waals surface area contributed by atoms with Crippen LogP contribution in [-0.2, 0) is 27.8 Å². The van der Waals surface area contributed by atoms with Crippen LogP contribution in [-0.4, -0.2) is 32.1 Å². The molecule has 2 aromatic carbocycles. The van der Waals surface area contributed by atoms with Gasteiger partial charge in [0.15, 0.2) is 0 Å². The molecule has 1 N–H and O–H groups in total. The van der Waals surface area contributed by atoms with Crippen molar-refractivity contribution in [1.29, 1.82) is 0 Å². The Morgan fingerprint density at radius 2 is 1.71 bits per heavy atom. The summed E-state index contributed by atoms with van der Waals surface area (Å²) in [5.74, 6) is 0.0387. The maximum absolute atomic E-state index is 11.1. The monoisotopic (exact) mass is 348 g/mol. The van der Waals surface area contributed by atoms with Crippen molar-refractivity contribution in [3.8, 4) is 11.1 Å². The summed E-state index contributed by atoms with van der Waals surface area (Å²) < 4.78 is 27.7. The molecule has 2 rings (SSSR count). The molecule has 5 heteroatoms. The second kappa shape index (κ2) is 7.92. The summed E-state index contributed by atoms with van der Waals surface area (Å²) in [6.45, 7) is 4.73. The number of sulfone groups is 1. The molecule has 0 fully saturated rings. The molecular formula is C19H24O4S. The van der Waals surface area contributed by atoms with E-state index < -0.39 is 9.84 Å². The number of aliphatic hydroxyl groups excluding tert-OH is 1. The van der Waals surface area contributed by atoms with Gasteiger partial charge in [0, 0.05) is 6.26 Å². The largest absolute Gasteiger partial charge is 0.392 e. The van der Waals surface area contributed by atoms with Crippen molar-refractivity contribution in [3.05, 3.63) is 58.7 Å². The summed E-state index contributed by atoms with van der Waals surface area (Å²) in [6, 6.07) is 12.0. The van der Waals surface area contributed by atoms with E-state index in [1.807, 2.05) is 38.1 Å². The highest BCUT2D eigenvalue weighted by molar-refractivity contribution is 7.90. The Morgan fingerprint density at radius 1 is 1.04 bits per heavy atom. The van der Waals surface area contributed by atoms with Crippen LogP contribution in [0.5, 0.6) is 0 Å². The molecule has 0 saturated heterocycles. The number of aliphatic hydroxyl groups is 1. The van der Waals surface area contributed by atoms with Gasteiger partial charge in [-0.3, -0.25) is 0 Å². The van der Waals surface area contributed by atoms with E-state index in [0.29, 0.717) is 6.61 Å². The SMILES string of the molecule is Cc1cc(COCCS(C)(=O)=O)cc(C)c1-c1cccc(CO)c1. The zero-order valence-electron chi connectivity index (χ0n) is 14.4. The van der Waals surface area contributed by atoms with Crippen LogP contribution in [0, 0.1) is 13.8 Å². The van der Waals surface area contributed by atoms with E-state index in [4.69, 9.17) is 4.74 Å². The van der Waals surface area contributed by atoms with Gasteiger partial charge in [-0.2, -0.15) is 0 Å². The predicted octanol–water partition coefficient (Wildman–Crippen LogP) is 3.02. The fourth-order valence-electron chi connectivity index (χ4n) is 2.82. The molecule has 130 valence electrons. The van der Waals surface area contributed by atoms with Crippen LogP contribution in [0.1, 0.15) is 22.3 Å². The molecule has 4 nitrogen and oxygen atoms in total.